The first-order valence-electron chi connectivity index (χ1n) is 11.1. The van der Waals surface area contributed by atoms with Crippen LogP contribution in [-0.2, 0) is 27.8 Å². The Morgan fingerprint density at radius 2 is 2.03 bits per heavy atom. The Morgan fingerprint density at radius 1 is 1.20 bits per heavy atom. The molecule has 10 nitrogen and oxygen atoms in total. The van der Waals surface area contributed by atoms with E-state index in [0.29, 0.717) is 13.2 Å². The van der Waals surface area contributed by atoms with Crippen LogP contribution in [-0.4, -0.2) is 97.5 Å². The molecule has 2 aliphatic heterocycles. The number of guanidine groups is 1. The van der Waals surface area contributed by atoms with Crippen LogP contribution in [0.1, 0.15) is 30.9 Å². The first kappa shape index (κ1) is 22.9. The van der Waals surface area contributed by atoms with Crippen LogP contribution in [0, 0.1) is 6.92 Å². The summed E-state index contributed by atoms with van der Waals surface area (Å²) in [6.07, 6.45) is 3.46. The molecule has 0 aromatic carbocycles. The van der Waals surface area contributed by atoms with Crippen LogP contribution in [0.3, 0.4) is 0 Å². The van der Waals surface area contributed by atoms with Gasteiger partial charge in [-0.05, 0) is 26.2 Å². The van der Waals surface area contributed by atoms with Crippen molar-refractivity contribution in [3.63, 3.8) is 0 Å². The fraction of sp³-hybridized carbons (Fsp3) is 0.850. The van der Waals surface area contributed by atoms with E-state index in [9.17, 15) is 0 Å². The third-order valence-corrected chi connectivity index (χ3v) is 5.47. The molecule has 30 heavy (non-hydrogen) atoms. The van der Waals surface area contributed by atoms with E-state index >= 15 is 0 Å². The Balaban J connectivity index is 1.39. The second-order valence-corrected chi connectivity index (χ2v) is 7.76. The van der Waals surface area contributed by atoms with Crippen LogP contribution in [0.15, 0.2) is 4.99 Å². The summed E-state index contributed by atoms with van der Waals surface area (Å²) in [6, 6.07) is 0. The maximum Gasteiger partial charge on any atom is 0.191 e. The number of morpholine rings is 1. The number of hydrogen-bond donors (Lipinski definition) is 2. The lowest BCUT2D eigenvalue weighted by Gasteiger charge is -2.26. The largest absolute Gasteiger partial charge is 0.379 e. The maximum atomic E-state index is 5.74. The number of ether oxygens (including phenoxy) is 3. The van der Waals surface area contributed by atoms with Crippen molar-refractivity contribution in [3.05, 3.63) is 11.6 Å². The lowest BCUT2D eigenvalue weighted by molar-refractivity contribution is 0.0168. The summed E-state index contributed by atoms with van der Waals surface area (Å²) in [5.41, 5.74) is 0. The Labute approximate surface area is 179 Å². The van der Waals surface area contributed by atoms with Crippen molar-refractivity contribution < 1.29 is 14.2 Å². The van der Waals surface area contributed by atoms with E-state index < -0.39 is 0 Å². The standard InChI is InChI=1S/C20H37N7O3/c1-17-24-25-19(26(17)2)15-23-20(22-7-8-27-9-13-28-14-10-27)21-6-4-11-29-16-18-5-3-12-30-18/h18H,3-16H2,1-2H3,(H2,21,22,23). The first-order chi connectivity index (χ1) is 14.7. The molecule has 10 heteroatoms. The molecule has 0 aliphatic carbocycles. The highest BCUT2D eigenvalue weighted by Gasteiger charge is 2.15. The highest BCUT2D eigenvalue weighted by atomic mass is 16.5. The molecule has 3 heterocycles. The average Bonchev–Trinajstić information content (AvgIpc) is 3.39. The van der Waals surface area contributed by atoms with Gasteiger partial charge in [-0.2, -0.15) is 0 Å². The van der Waals surface area contributed by atoms with Crippen LogP contribution in [0.2, 0.25) is 0 Å². The fourth-order valence-corrected chi connectivity index (χ4v) is 3.44. The van der Waals surface area contributed by atoms with Crippen LogP contribution in [0.5, 0.6) is 0 Å². The molecule has 2 N–H and O–H groups in total. The monoisotopic (exact) mass is 423 g/mol. The topological polar surface area (TPSA) is 98.1 Å². The Morgan fingerprint density at radius 3 is 2.77 bits per heavy atom. The molecule has 0 saturated carbocycles. The predicted octanol–water partition coefficient (Wildman–Crippen LogP) is 0.0766. The van der Waals surface area contributed by atoms with Crippen molar-refractivity contribution >= 4 is 5.96 Å². The van der Waals surface area contributed by atoms with Crippen molar-refractivity contribution in [2.24, 2.45) is 12.0 Å². The summed E-state index contributed by atoms with van der Waals surface area (Å²) in [6.45, 7) is 10.9. The van der Waals surface area contributed by atoms with Gasteiger partial charge in [-0.25, -0.2) is 4.99 Å². The Kier molecular flexibility index (Phi) is 9.81. The van der Waals surface area contributed by atoms with Gasteiger partial charge in [0.15, 0.2) is 11.8 Å². The van der Waals surface area contributed by atoms with Gasteiger partial charge in [0.2, 0.25) is 0 Å². The van der Waals surface area contributed by atoms with Crippen molar-refractivity contribution in [2.45, 2.75) is 38.8 Å². The van der Waals surface area contributed by atoms with Gasteiger partial charge >= 0.3 is 0 Å². The molecular weight excluding hydrogens is 386 g/mol. The van der Waals surface area contributed by atoms with Gasteiger partial charge in [0.05, 0.1) is 25.9 Å². The lowest BCUT2D eigenvalue weighted by atomic mass is 10.2. The molecule has 2 aliphatic rings. The highest BCUT2D eigenvalue weighted by molar-refractivity contribution is 5.79. The normalized spacial score (nSPS) is 20.6. The van der Waals surface area contributed by atoms with Crippen LogP contribution >= 0.6 is 0 Å². The van der Waals surface area contributed by atoms with Crippen molar-refractivity contribution in [3.8, 4) is 0 Å². The van der Waals surface area contributed by atoms with Gasteiger partial charge in [-0.1, -0.05) is 0 Å². The van der Waals surface area contributed by atoms with Gasteiger partial charge < -0.3 is 29.4 Å². The molecule has 2 saturated heterocycles. The summed E-state index contributed by atoms with van der Waals surface area (Å²) in [5.74, 6) is 2.53. The van der Waals surface area contributed by atoms with E-state index in [1.807, 2.05) is 18.5 Å². The number of aromatic nitrogens is 3. The molecule has 1 unspecified atom stereocenters. The third-order valence-electron chi connectivity index (χ3n) is 5.47. The number of aryl methyl sites for hydroxylation is 1. The highest BCUT2D eigenvalue weighted by Crippen LogP contribution is 2.11. The molecule has 1 atom stereocenters. The number of hydrogen-bond acceptors (Lipinski definition) is 7. The second kappa shape index (κ2) is 12.8. The molecule has 0 amide bonds. The molecule has 0 spiro atoms. The predicted molar refractivity (Wildman–Crippen MR) is 115 cm³/mol. The zero-order valence-electron chi connectivity index (χ0n) is 18.4. The minimum absolute atomic E-state index is 0.284. The summed E-state index contributed by atoms with van der Waals surface area (Å²) in [4.78, 5) is 7.10. The van der Waals surface area contributed by atoms with Gasteiger partial charge in [-0.3, -0.25) is 4.90 Å². The minimum Gasteiger partial charge on any atom is -0.379 e. The van der Waals surface area contributed by atoms with Crippen LogP contribution in [0.4, 0.5) is 0 Å². The van der Waals surface area contributed by atoms with Crippen LogP contribution in [0.25, 0.3) is 0 Å². The Bertz CT molecular complexity index is 640. The third kappa shape index (κ3) is 7.82. The second-order valence-electron chi connectivity index (χ2n) is 7.76. The van der Waals surface area contributed by atoms with Crippen molar-refractivity contribution in [1.29, 1.82) is 0 Å². The molecule has 1 aromatic rings. The molecular formula is C20H37N7O3. The number of rotatable bonds is 11. The van der Waals surface area contributed by atoms with Gasteiger partial charge in [-0.15, -0.1) is 10.2 Å². The van der Waals surface area contributed by atoms with Crippen LogP contribution < -0.4 is 10.6 Å². The first-order valence-corrected chi connectivity index (χ1v) is 11.1. The zero-order valence-corrected chi connectivity index (χ0v) is 18.4. The zero-order chi connectivity index (χ0) is 21.0. The number of aliphatic imine (C=N–C) groups is 1. The average molecular weight is 424 g/mol. The Hall–Kier alpha value is -1.75. The lowest BCUT2D eigenvalue weighted by Crippen LogP contribution is -2.44. The summed E-state index contributed by atoms with van der Waals surface area (Å²) < 4.78 is 18.7. The van der Waals surface area contributed by atoms with E-state index in [4.69, 9.17) is 19.2 Å². The van der Waals surface area contributed by atoms with E-state index in [1.54, 1.807) is 0 Å². The van der Waals surface area contributed by atoms with E-state index in [1.165, 1.54) is 0 Å². The van der Waals surface area contributed by atoms with Crippen molar-refractivity contribution in [2.75, 3.05) is 65.8 Å². The summed E-state index contributed by atoms with van der Waals surface area (Å²) in [5, 5.41) is 15.1. The maximum absolute atomic E-state index is 5.74. The van der Waals surface area contributed by atoms with Gasteiger partial charge in [0, 0.05) is 53.0 Å². The van der Waals surface area contributed by atoms with Crippen molar-refractivity contribution in [1.82, 2.24) is 30.3 Å². The summed E-state index contributed by atoms with van der Waals surface area (Å²) >= 11 is 0. The smallest absolute Gasteiger partial charge is 0.191 e. The molecule has 0 bridgehead atoms. The summed E-state index contributed by atoms with van der Waals surface area (Å²) in [7, 11) is 1.96. The minimum atomic E-state index is 0.284. The van der Waals surface area contributed by atoms with Gasteiger partial charge in [0.1, 0.15) is 12.4 Å². The molecule has 1 aromatic heterocycles. The number of nitrogens with zero attached hydrogens (tertiary/aromatic N) is 5. The molecule has 2 fully saturated rings. The number of nitrogens with one attached hydrogen (secondary N) is 2. The quantitative estimate of drug-likeness (QED) is 0.293. The molecule has 170 valence electrons. The SMILES string of the molecule is Cc1nnc(CN=C(NCCCOCC2CCCO2)NCCN2CCOCC2)n1C. The fourth-order valence-electron chi connectivity index (χ4n) is 3.44. The van der Waals surface area contributed by atoms with E-state index in [2.05, 4.69) is 25.7 Å². The van der Waals surface area contributed by atoms with Gasteiger partial charge in [0.25, 0.3) is 0 Å². The molecule has 0 radical (unpaired) electrons. The van der Waals surface area contributed by atoms with E-state index in [-0.39, 0.29) is 6.10 Å². The molecule has 3 rings (SSSR count). The van der Waals surface area contributed by atoms with E-state index in [0.717, 1.165) is 96.0 Å².